The lowest BCUT2D eigenvalue weighted by Gasteiger charge is -2.04. The number of carbonyl (C=O) groups is 1. The van der Waals surface area contributed by atoms with E-state index in [2.05, 4.69) is 20.3 Å². The minimum absolute atomic E-state index is 0.164. The highest BCUT2D eigenvalue weighted by atomic mass is 16.7. The number of ether oxygens (including phenoxy) is 3. The summed E-state index contributed by atoms with van der Waals surface area (Å²) in [5.41, 5.74) is 2.07. The smallest absolute Gasteiger partial charge is 0.347 e. The molecule has 0 unspecified atom stereocenters. The Kier molecular flexibility index (Phi) is 5.32. The van der Waals surface area contributed by atoms with Crippen molar-refractivity contribution in [1.82, 2.24) is 15.1 Å². The van der Waals surface area contributed by atoms with Crippen LogP contribution in [0.1, 0.15) is 18.4 Å². The van der Waals surface area contributed by atoms with E-state index in [9.17, 15) is 4.79 Å². The van der Waals surface area contributed by atoms with Crippen LogP contribution in [0.5, 0.6) is 11.5 Å². The molecular weight excluding hydrogens is 380 g/mol. The molecule has 0 amide bonds. The summed E-state index contributed by atoms with van der Waals surface area (Å²) in [4.78, 5) is 25.0. The van der Waals surface area contributed by atoms with Gasteiger partial charge in [0.1, 0.15) is 0 Å². The van der Waals surface area contributed by atoms with E-state index in [1.165, 1.54) is 0 Å². The Hall–Kier alpha value is -3.95. The average Bonchev–Trinajstić information content (AvgIpc) is 3.41. The Labute approximate surface area is 165 Å². The molecule has 0 spiro atoms. The van der Waals surface area contributed by atoms with Crippen molar-refractivity contribution in [3.05, 3.63) is 54.2 Å². The minimum Gasteiger partial charge on any atom is -0.454 e. The molecular formula is C19H16N4O6. The number of pyridine rings is 1. The standard InChI is InChI=1S/C19H16N4O6/c1-12(13-4-5-15-16(7-13)27-11-26-15)22-28-10-18(24)25-9-17-21-19(23-29-17)14-3-2-6-20-8-14/h2-8H,9-11H2,1H3/b22-12+. The number of esters is 1. The van der Waals surface area contributed by atoms with Gasteiger partial charge >= 0.3 is 5.97 Å². The first kappa shape index (κ1) is 18.4. The second-order valence-electron chi connectivity index (χ2n) is 5.93. The molecule has 0 atom stereocenters. The Morgan fingerprint density at radius 2 is 2.14 bits per heavy atom. The van der Waals surface area contributed by atoms with Crippen molar-refractivity contribution in [2.75, 3.05) is 13.4 Å². The van der Waals surface area contributed by atoms with E-state index >= 15 is 0 Å². The highest BCUT2D eigenvalue weighted by Crippen LogP contribution is 2.32. The Morgan fingerprint density at radius 3 is 3.00 bits per heavy atom. The molecule has 148 valence electrons. The normalized spacial score (nSPS) is 12.7. The van der Waals surface area contributed by atoms with E-state index in [0.29, 0.717) is 28.6 Å². The quantitative estimate of drug-likeness (QED) is 0.337. The molecule has 29 heavy (non-hydrogen) atoms. The SMILES string of the molecule is C/C(=N\OCC(=O)OCc1nc(-c2cccnc2)no1)c1ccc2c(c1)OCO2. The molecule has 1 aromatic carbocycles. The van der Waals surface area contributed by atoms with E-state index in [-0.39, 0.29) is 25.9 Å². The zero-order chi connectivity index (χ0) is 20.1. The molecule has 2 aromatic heterocycles. The number of nitrogens with zero attached hydrogens (tertiary/aromatic N) is 4. The van der Waals surface area contributed by atoms with Gasteiger partial charge in [-0.05, 0) is 37.3 Å². The predicted molar refractivity (Wildman–Crippen MR) is 98.1 cm³/mol. The fraction of sp³-hybridized carbons (Fsp3) is 0.211. The molecule has 3 aromatic rings. The van der Waals surface area contributed by atoms with Gasteiger partial charge in [0, 0.05) is 23.5 Å². The maximum absolute atomic E-state index is 11.8. The van der Waals surface area contributed by atoms with Gasteiger partial charge in [-0.15, -0.1) is 0 Å². The molecule has 0 saturated heterocycles. The first-order valence-electron chi connectivity index (χ1n) is 8.64. The van der Waals surface area contributed by atoms with Crippen molar-refractivity contribution in [3.63, 3.8) is 0 Å². The lowest BCUT2D eigenvalue weighted by Crippen LogP contribution is -2.11. The molecule has 0 fully saturated rings. The van der Waals surface area contributed by atoms with E-state index in [1.54, 1.807) is 43.6 Å². The Morgan fingerprint density at radius 1 is 1.24 bits per heavy atom. The number of oxime groups is 1. The Balaban J connectivity index is 1.25. The third-order valence-electron chi connectivity index (χ3n) is 3.92. The van der Waals surface area contributed by atoms with Crippen LogP contribution in [0.3, 0.4) is 0 Å². The number of hydrogen-bond acceptors (Lipinski definition) is 10. The molecule has 1 aliphatic rings. The third kappa shape index (κ3) is 4.49. The van der Waals surface area contributed by atoms with Gasteiger partial charge in [-0.2, -0.15) is 4.98 Å². The van der Waals surface area contributed by atoms with Crippen molar-refractivity contribution in [2.45, 2.75) is 13.5 Å². The summed E-state index contributed by atoms with van der Waals surface area (Å²) in [7, 11) is 0. The lowest BCUT2D eigenvalue weighted by atomic mass is 10.1. The fourth-order valence-electron chi connectivity index (χ4n) is 2.47. The summed E-state index contributed by atoms with van der Waals surface area (Å²) in [5.74, 6) is 1.23. The Bertz CT molecular complexity index is 1030. The number of aromatic nitrogens is 3. The molecule has 1 aliphatic heterocycles. The van der Waals surface area contributed by atoms with Gasteiger partial charge in [0.15, 0.2) is 18.1 Å². The summed E-state index contributed by atoms with van der Waals surface area (Å²) in [5, 5.41) is 7.74. The second kappa shape index (κ2) is 8.38. The number of carbonyl (C=O) groups excluding carboxylic acids is 1. The molecule has 0 bridgehead atoms. The summed E-state index contributed by atoms with van der Waals surface area (Å²) < 4.78 is 20.7. The van der Waals surface area contributed by atoms with Crippen LogP contribution < -0.4 is 9.47 Å². The van der Waals surface area contributed by atoms with Crippen LogP contribution in [0.15, 0.2) is 52.4 Å². The van der Waals surface area contributed by atoms with Gasteiger partial charge in [0.05, 0.1) is 5.71 Å². The van der Waals surface area contributed by atoms with Crippen LogP contribution >= 0.6 is 0 Å². The fourth-order valence-corrected chi connectivity index (χ4v) is 2.47. The van der Waals surface area contributed by atoms with E-state index in [4.69, 9.17) is 23.6 Å². The maximum Gasteiger partial charge on any atom is 0.347 e. The predicted octanol–water partition coefficient (Wildman–Crippen LogP) is 2.34. The van der Waals surface area contributed by atoms with E-state index in [0.717, 1.165) is 5.56 Å². The summed E-state index contributed by atoms with van der Waals surface area (Å²) in [6.07, 6.45) is 3.25. The summed E-state index contributed by atoms with van der Waals surface area (Å²) in [6, 6.07) is 8.95. The van der Waals surface area contributed by atoms with Crippen LogP contribution in [0.25, 0.3) is 11.4 Å². The molecule has 0 radical (unpaired) electrons. The van der Waals surface area contributed by atoms with Crippen molar-refractivity contribution in [3.8, 4) is 22.9 Å². The number of hydrogen-bond donors (Lipinski definition) is 0. The van der Waals surface area contributed by atoms with Gasteiger partial charge in [-0.25, -0.2) is 4.79 Å². The number of rotatable bonds is 7. The van der Waals surface area contributed by atoms with E-state index in [1.807, 2.05) is 6.07 Å². The van der Waals surface area contributed by atoms with Gasteiger partial charge in [0.25, 0.3) is 5.89 Å². The average molecular weight is 396 g/mol. The van der Waals surface area contributed by atoms with Gasteiger partial charge in [0.2, 0.25) is 19.2 Å². The highest BCUT2D eigenvalue weighted by Gasteiger charge is 2.15. The molecule has 0 N–H and O–H groups in total. The number of fused-ring (bicyclic) bond motifs is 1. The monoisotopic (exact) mass is 396 g/mol. The molecule has 0 saturated carbocycles. The summed E-state index contributed by atoms with van der Waals surface area (Å²) in [6.45, 7) is 1.42. The van der Waals surface area contributed by atoms with Gasteiger partial charge in [-0.3, -0.25) is 4.98 Å². The second-order valence-corrected chi connectivity index (χ2v) is 5.93. The highest BCUT2D eigenvalue weighted by molar-refractivity contribution is 5.99. The zero-order valence-electron chi connectivity index (χ0n) is 15.4. The topological polar surface area (TPSA) is 118 Å². The zero-order valence-corrected chi connectivity index (χ0v) is 15.4. The largest absolute Gasteiger partial charge is 0.454 e. The maximum atomic E-state index is 11.8. The third-order valence-corrected chi connectivity index (χ3v) is 3.92. The lowest BCUT2D eigenvalue weighted by molar-refractivity contribution is -0.151. The van der Waals surface area contributed by atoms with Crippen molar-refractivity contribution in [1.29, 1.82) is 0 Å². The molecule has 10 nitrogen and oxygen atoms in total. The van der Waals surface area contributed by atoms with Crippen LogP contribution in [0.4, 0.5) is 0 Å². The van der Waals surface area contributed by atoms with E-state index < -0.39 is 5.97 Å². The van der Waals surface area contributed by atoms with Gasteiger partial charge in [-0.1, -0.05) is 10.3 Å². The number of benzene rings is 1. The van der Waals surface area contributed by atoms with Crippen molar-refractivity contribution < 1.29 is 28.4 Å². The summed E-state index contributed by atoms with van der Waals surface area (Å²) >= 11 is 0. The first-order valence-corrected chi connectivity index (χ1v) is 8.64. The molecule has 0 aliphatic carbocycles. The molecule has 4 rings (SSSR count). The van der Waals surface area contributed by atoms with Crippen LogP contribution in [0.2, 0.25) is 0 Å². The molecule has 3 heterocycles. The van der Waals surface area contributed by atoms with Crippen molar-refractivity contribution >= 4 is 11.7 Å². The van der Waals surface area contributed by atoms with Crippen LogP contribution in [-0.4, -0.2) is 40.2 Å². The minimum atomic E-state index is -0.617. The van der Waals surface area contributed by atoms with Crippen molar-refractivity contribution in [2.24, 2.45) is 5.16 Å². The van der Waals surface area contributed by atoms with Gasteiger partial charge < -0.3 is 23.6 Å². The molecule has 10 heteroatoms. The van der Waals surface area contributed by atoms with Crippen LogP contribution in [-0.2, 0) is 21.0 Å². The first-order chi connectivity index (χ1) is 14.2. The van der Waals surface area contributed by atoms with Crippen LogP contribution in [0, 0.1) is 0 Å².